The van der Waals surface area contributed by atoms with Gasteiger partial charge in [0.1, 0.15) is 17.4 Å². The van der Waals surface area contributed by atoms with Crippen LogP contribution in [0.15, 0.2) is 65.1 Å². The van der Waals surface area contributed by atoms with Crippen LogP contribution in [0.2, 0.25) is 0 Å². The zero-order chi connectivity index (χ0) is 17.2. The minimum Gasteiger partial charge on any atom is -0.459 e. The molecule has 0 N–H and O–H groups in total. The second-order valence-corrected chi connectivity index (χ2v) is 6.63. The van der Waals surface area contributed by atoms with Crippen LogP contribution in [0.3, 0.4) is 0 Å². The summed E-state index contributed by atoms with van der Waals surface area (Å²) in [4.78, 5) is 17.0. The van der Waals surface area contributed by atoms with Crippen LogP contribution < -0.4 is 4.90 Å². The lowest BCUT2D eigenvalue weighted by molar-refractivity contribution is -0.131. The van der Waals surface area contributed by atoms with Crippen molar-refractivity contribution < 1.29 is 9.21 Å². The van der Waals surface area contributed by atoms with Crippen LogP contribution >= 0.6 is 0 Å². The van der Waals surface area contributed by atoms with Gasteiger partial charge in [-0.1, -0.05) is 36.4 Å². The van der Waals surface area contributed by atoms with Gasteiger partial charge in [0, 0.05) is 24.7 Å². The normalized spacial score (nSPS) is 17.2. The standard InChI is InChI=1S/C21H22N2O2/c1-22(15-18-14-16-8-5-6-12-20(16)25-18)21(24)19-11-7-13-23(19)17-9-3-2-4-10-17/h2-6,8-10,12,14,19H,7,11,13,15H2,1H3/t19-/m1/s1. The van der Waals surface area contributed by atoms with Gasteiger partial charge in [-0.15, -0.1) is 0 Å². The maximum atomic E-state index is 13.0. The first kappa shape index (κ1) is 15.8. The van der Waals surface area contributed by atoms with E-state index in [4.69, 9.17) is 4.42 Å². The predicted molar refractivity (Wildman–Crippen MR) is 99.5 cm³/mol. The maximum absolute atomic E-state index is 13.0. The van der Waals surface area contributed by atoms with E-state index in [0.29, 0.717) is 6.54 Å². The number of para-hydroxylation sites is 2. The van der Waals surface area contributed by atoms with E-state index >= 15 is 0 Å². The Kier molecular flexibility index (Phi) is 4.18. The van der Waals surface area contributed by atoms with Gasteiger partial charge in [0.2, 0.25) is 5.91 Å². The van der Waals surface area contributed by atoms with Crippen molar-refractivity contribution in [3.05, 3.63) is 66.4 Å². The monoisotopic (exact) mass is 334 g/mol. The van der Waals surface area contributed by atoms with Gasteiger partial charge in [-0.25, -0.2) is 0 Å². The fourth-order valence-corrected chi connectivity index (χ4v) is 3.63. The fourth-order valence-electron chi connectivity index (χ4n) is 3.63. The van der Waals surface area contributed by atoms with Crippen molar-refractivity contribution in [3.8, 4) is 0 Å². The number of fused-ring (bicyclic) bond motifs is 1. The molecule has 0 saturated carbocycles. The largest absolute Gasteiger partial charge is 0.459 e. The Hall–Kier alpha value is -2.75. The molecule has 1 aromatic heterocycles. The number of anilines is 1. The number of carbonyl (C=O) groups excluding carboxylic acids is 1. The fraction of sp³-hybridized carbons (Fsp3) is 0.286. The molecule has 0 unspecified atom stereocenters. The summed E-state index contributed by atoms with van der Waals surface area (Å²) < 4.78 is 5.86. The molecule has 2 aromatic carbocycles. The molecule has 4 heteroatoms. The van der Waals surface area contributed by atoms with Crippen molar-refractivity contribution in [1.29, 1.82) is 0 Å². The lowest BCUT2D eigenvalue weighted by Crippen LogP contribution is -2.43. The van der Waals surface area contributed by atoms with Gasteiger partial charge in [0.05, 0.1) is 6.54 Å². The van der Waals surface area contributed by atoms with E-state index < -0.39 is 0 Å². The molecule has 0 aliphatic carbocycles. The Balaban J connectivity index is 1.49. The number of rotatable bonds is 4. The van der Waals surface area contributed by atoms with Gasteiger partial charge in [-0.3, -0.25) is 4.79 Å². The first-order valence-electron chi connectivity index (χ1n) is 8.76. The molecular formula is C21H22N2O2. The van der Waals surface area contributed by atoms with Crippen molar-refractivity contribution in [1.82, 2.24) is 4.90 Å². The Bertz CT molecular complexity index is 839. The number of carbonyl (C=O) groups is 1. The molecular weight excluding hydrogens is 312 g/mol. The highest BCUT2D eigenvalue weighted by molar-refractivity contribution is 5.86. The molecule has 0 spiro atoms. The Labute approximate surface area is 147 Å². The zero-order valence-electron chi connectivity index (χ0n) is 14.4. The smallest absolute Gasteiger partial charge is 0.245 e. The zero-order valence-corrected chi connectivity index (χ0v) is 14.4. The summed E-state index contributed by atoms with van der Waals surface area (Å²) in [6.45, 7) is 1.42. The number of benzene rings is 2. The molecule has 25 heavy (non-hydrogen) atoms. The number of furan rings is 1. The summed E-state index contributed by atoms with van der Waals surface area (Å²) in [6.07, 6.45) is 1.95. The van der Waals surface area contributed by atoms with E-state index in [1.807, 2.05) is 55.6 Å². The van der Waals surface area contributed by atoms with Gasteiger partial charge in [-0.2, -0.15) is 0 Å². The molecule has 128 valence electrons. The molecule has 1 saturated heterocycles. The van der Waals surface area contributed by atoms with Crippen LogP contribution in [0.5, 0.6) is 0 Å². The van der Waals surface area contributed by atoms with E-state index in [2.05, 4.69) is 17.0 Å². The number of hydrogen-bond acceptors (Lipinski definition) is 3. The average molecular weight is 334 g/mol. The SMILES string of the molecule is CN(Cc1cc2ccccc2o1)C(=O)[C@H]1CCCN1c1ccccc1. The summed E-state index contributed by atoms with van der Waals surface area (Å²) in [5.74, 6) is 0.975. The maximum Gasteiger partial charge on any atom is 0.245 e. The van der Waals surface area contributed by atoms with Crippen molar-refractivity contribution in [2.45, 2.75) is 25.4 Å². The lowest BCUT2D eigenvalue weighted by atomic mass is 10.1. The van der Waals surface area contributed by atoms with E-state index in [1.54, 1.807) is 4.90 Å². The Morgan fingerprint density at radius 1 is 1.16 bits per heavy atom. The second-order valence-electron chi connectivity index (χ2n) is 6.63. The topological polar surface area (TPSA) is 36.7 Å². The first-order chi connectivity index (χ1) is 12.2. The van der Waals surface area contributed by atoms with Crippen molar-refractivity contribution in [3.63, 3.8) is 0 Å². The lowest BCUT2D eigenvalue weighted by Gasteiger charge is -2.29. The van der Waals surface area contributed by atoms with Crippen molar-refractivity contribution >= 4 is 22.6 Å². The minimum atomic E-state index is -0.0863. The highest BCUT2D eigenvalue weighted by Gasteiger charge is 2.32. The molecule has 1 amide bonds. The van der Waals surface area contributed by atoms with E-state index in [0.717, 1.165) is 41.8 Å². The summed E-state index contributed by atoms with van der Waals surface area (Å²) in [6, 6.07) is 20.1. The minimum absolute atomic E-state index is 0.0863. The summed E-state index contributed by atoms with van der Waals surface area (Å²) in [5.41, 5.74) is 1.99. The third-order valence-corrected chi connectivity index (χ3v) is 4.87. The molecule has 4 rings (SSSR count). The third kappa shape index (κ3) is 3.12. The number of amides is 1. The molecule has 1 aliphatic rings. The molecule has 2 heterocycles. The highest BCUT2D eigenvalue weighted by Crippen LogP contribution is 2.27. The summed E-state index contributed by atoms with van der Waals surface area (Å²) in [5, 5.41) is 1.07. The molecule has 1 atom stereocenters. The van der Waals surface area contributed by atoms with Gasteiger partial charge in [0.15, 0.2) is 0 Å². The highest BCUT2D eigenvalue weighted by atomic mass is 16.3. The quantitative estimate of drug-likeness (QED) is 0.722. The molecule has 0 bridgehead atoms. The Morgan fingerprint density at radius 2 is 1.92 bits per heavy atom. The van der Waals surface area contributed by atoms with Crippen LogP contribution in [0.25, 0.3) is 11.0 Å². The van der Waals surface area contributed by atoms with Crippen molar-refractivity contribution in [2.24, 2.45) is 0 Å². The van der Waals surface area contributed by atoms with Gasteiger partial charge >= 0.3 is 0 Å². The predicted octanol–water partition coefficient (Wildman–Crippen LogP) is 4.06. The van der Waals surface area contributed by atoms with E-state index in [1.165, 1.54) is 0 Å². The number of nitrogens with zero attached hydrogens (tertiary/aromatic N) is 2. The number of likely N-dealkylation sites (N-methyl/N-ethyl adjacent to an activating group) is 1. The molecule has 0 radical (unpaired) electrons. The molecule has 1 fully saturated rings. The number of hydrogen-bond donors (Lipinski definition) is 0. The summed E-state index contributed by atoms with van der Waals surface area (Å²) >= 11 is 0. The van der Waals surface area contributed by atoms with Gasteiger partial charge in [-0.05, 0) is 37.1 Å². The second kappa shape index (κ2) is 6.63. The first-order valence-corrected chi connectivity index (χ1v) is 8.76. The van der Waals surface area contributed by atoms with Crippen LogP contribution in [-0.4, -0.2) is 30.4 Å². The van der Waals surface area contributed by atoms with Gasteiger partial charge < -0.3 is 14.2 Å². The molecule has 3 aromatic rings. The van der Waals surface area contributed by atoms with E-state index in [9.17, 15) is 4.79 Å². The Morgan fingerprint density at radius 3 is 2.72 bits per heavy atom. The van der Waals surface area contributed by atoms with E-state index in [-0.39, 0.29) is 11.9 Å². The molecule has 1 aliphatic heterocycles. The third-order valence-electron chi connectivity index (χ3n) is 4.87. The van der Waals surface area contributed by atoms with Gasteiger partial charge in [0.25, 0.3) is 0 Å². The molecule has 4 nitrogen and oxygen atoms in total. The van der Waals surface area contributed by atoms with Crippen LogP contribution in [0.4, 0.5) is 5.69 Å². The van der Waals surface area contributed by atoms with Crippen LogP contribution in [0.1, 0.15) is 18.6 Å². The average Bonchev–Trinajstić information content (AvgIpc) is 3.28. The van der Waals surface area contributed by atoms with Crippen LogP contribution in [-0.2, 0) is 11.3 Å². The van der Waals surface area contributed by atoms with Crippen molar-refractivity contribution in [2.75, 3.05) is 18.5 Å². The van der Waals surface area contributed by atoms with Crippen LogP contribution in [0, 0.1) is 0 Å². The summed E-state index contributed by atoms with van der Waals surface area (Å²) in [7, 11) is 1.86.